The topological polar surface area (TPSA) is 0 Å². The van der Waals surface area contributed by atoms with E-state index in [1.807, 2.05) is 0 Å². The van der Waals surface area contributed by atoms with Gasteiger partial charge in [-0.15, -0.1) is 0 Å². The summed E-state index contributed by atoms with van der Waals surface area (Å²) in [5, 5.41) is 0. The van der Waals surface area contributed by atoms with E-state index in [1.54, 1.807) is 0 Å². The van der Waals surface area contributed by atoms with Crippen LogP contribution in [0.25, 0.3) is 0 Å². The molecule has 0 rings (SSSR count). The molecule has 0 aliphatic heterocycles. The number of hydrogen-bond donors (Lipinski definition) is 0. The molecule has 0 nitrogen and oxygen atoms in total. The van der Waals surface area contributed by atoms with Crippen molar-refractivity contribution in [3.8, 4) is 0 Å². The third-order valence-corrected chi connectivity index (χ3v) is 5.16. The molecule has 0 saturated heterocycles. The van der Waals surface area contributed by atoms with Gasteiger partial charge in [0.05, 0.1) is 0 Å². The summed E-state index contributed by atoms with van der Waals surface area (Å²) in [6, 6.07) is 0. The van der Waals surface area contributed by atoms with Crippen LogP contribution in [-0.4, -0.2) is 33.3 Å². The standard InChI is InChI=1S/C12H14F11I/c1-3-5-7(24,4-2)6-8(13,14)9(15,16)10(17,18)11(19,20)12(21,22)23/h3-6H2,1-2H3. The summed E-state index contributed by atoms with van der Waals surface area (Å²) in [4.78, 5) is 0. The van der Waals surface area contributed by atoms with Crippen molar-refractivity contribution in [1.82, 2.24) is 0 Å². The zero-order valence-electron chi connectivity index (χ0n) is 12.4. The summed E-state index contributed by atoms with van der Waals surface area (Å²) in [7, 11) is 0. The van der Waals surface area contributed by atoms with Crippen LogP contribution >= 0.6 is 22.6 Å². The maximum absolute atomic E-state index is 13.7. The Morgan fingerprint density at radius 2 is 1.08 bits per heavy atom. The van der Waals surface area contributed by atoms with Crippen LogP contribution in [-0.2, 0) is 0 Å². The highest BCUT2D eigenvalue weighted by molar-refractivity contribution is 14.1. The second-order valence-corrected chi connectivity index (χ2v) is 7.64. The molecule has 0 fully saturated rings. The van der Waals surface area contributed by atoms with Crippen molar-refractivity contribution in [3.63, 3.8) is 0 Å². The molecule has 0 saturated carbocycles. The van der Waals surface area contributed by atoms with Crippen LogP contribution in [0, 0.1) is 0 Å². The fourth-order valence-corrected chi connectivity index (χ4v) is 2.97. The Balaban J connectivity index is 5.93. The average Bonchev–Trinajstić information content (AvgIpc) is 2.36. The molecule has 0 aliphatic rings. The smallest absolute Gasteiger partial charge is 0.200 e. The first-order chi connectivity index (χ1) is 10.3. The van der Waals surface area contributed by atoms with Crippen LogP contribution < -0.4 is 0 Å². The second-order valence-electron chi connectivity index (χ2n) is 5.36. The lowest BCUT2D eigenvalue weighted by Crippen LogP contribution is -2.67. The van der Waals surface area contributed by atoms with E-state index in [-0.39, 0.29) is 19.3 Å². The van der Waals surface area contributed by atoms with E-state index in [0.717, 1.165) is 0 Å². The quantitative estimate of drug-likeness (QED) is 0.197. The third-order valence-electron chi connectivity index (χ3n) is 3.47. The van der Waals surface area contributed by atoms with Crippen LogP contribution in [0.5, 0.6) is 0 Å². The van der Waals surface area contributed by atoms with E-state index in [1.165, 1.54) is 36.4 Å². The molecule has 0 amide bonds. The Labute approximate surface area is 144 Å². The zero-order chi connectivity index (χ0) is 19.8. The van der Waals surface area contributed by atoms with Crippen molar-refractivity contribution in [2.24, 2.45) is 0 Å². The van der Waals surface area contributed by atoms with Gasteiger partial charge in [0.25, 0.3) is 0 Å². The fourth-order valence-electron chi connectivity index (χ4n) is 1.95. The van der Waals surface area contributed by atoms with Crippen molar-refractivity contribution < 1.29 is 48.3 Å². The first-order valence-corrected chi connectivity index (χ1v) is 7.67. The molecule has 0 aromatic carbocycles. The molecule has 12 heteroatoms. The van der Waals surface area contributed by atoms with Gasteiger partial charge in [0.15, 0.2) is 0 Å². The average molecular weight is 494 g/mol. The Kier molecular flexibility index (Phi) is 6.92. The lowest BCUT2D eigenvalue weighted by molar-refractivity contribution is -0.422. The summed E-state index contributed by atoms with van der Waals surface area (Å²) in [6.45, 7) is 2.75. The highest BCUT2D eigenvalue weighted by Gasteiger charge is 2.87. The van der Waals surface area contributed by atoms with Gasteiger partial charge >= 0.3 is 29.9 Å². The molecule has 0 radical (unpaired) electrons. The van der Waals surface area contributed by atoms with E-state index < -0.39 is 39.7 Å². The van der Waals surface area contributed by atoms with Gasteiger partial charge in [0, 0.05) is 9.84 Å². The Morgan fingerprint density at radius 1 is 0.667 bits per heavy atom. The SMILES string of the molecule is CCCC(I)(CC)CC(F)(F)C(F)(F)C(F)(F)C(F)(F)C(F)(F)F. The summed E-state index contributed by atoms with van der Waals surface area (Å²) >= 11 is 1.30. The Morgan fingerprint density at radius 3 is 1.38 bits per heavy atom. The molecule has 1 atom stereocenters. The summed E-state index contributed by atoms with van der Waals surface area (Å²) in [5.74, 6) is -27.3. The Hall–Kier alpha value is -0.0400. The molecule has 146 valence electrons. The molecule has 0 N–H and O–H groups in total. The highest BCUT2D eigenvalue weighted by atomic mass is 127. The summed E-state index contributed by atoms with van der Waals surface area (Å²) in [5.41, 5.74) is 0. The zero-order valence-corrected chi connectivity index (χ0v) is 14.5. The van der Waals surface area contributed by atoms with Crippen LogP contribution in [0.2, 0.25) is 0 Å². The normalized spacial score (nSPS) is 17.8. The molecule has 0 aromatic heterocycles. The van der Waals surface area contributed by atoms with E-state index >= 15 is 0 Å². The van der Waals surface area contributed by atoms with Gasteiger partial charge in [-0.3, -0.25) is 0 Å². The minimum atomic E-state index is -7.32. The van der Waals surface area contributed by atoms with Crippen molar-refractivity contribution >= 4 is 22.6 Å². The van der Waals surface area contributed by atoms with Crippen LogP contribution in [0.4, 0.5) is 48.3 Å². The molecule has 0 aliphatic carbocycles. The van der Waals surface area contributed by atoms with Crippen LogP contribution in [0.1, 0.15) is 39.5 Å². The van der Waals surface area contributed by atoms with Crippen molar-refractivity contribution in [2.45, 2.75) is 72.8 Å². The van der Waals surface area contributed by atoms with Crippen LogP contribution in [0.15, 0.2) is 0 Å². The minimum absolute atomic E-state index is 0.142. The van der Waals surface area contributed by atoms with Gasteiger partial charge in [-0.05, 0) is 12.8 Å². The Bertz CT molecular complexity index is 429. The van der Waals surface area contributed by atoms with Gasteiger partial charge in [0.2, 0.25) is 0 Å². The number of halogens is 12. The molecule has 0 bridgehead atoms. The van der Waals surface area contributed by atoms with Gasteiger partial charge in [0.1, 0.15) is 0 Å². The predicted molar refractivity (Wildman–Crippen MR) is 72.4 cm³/mol. The van der Waals surface area contributed by atoms with Gasteiger partial charge in [-0.2, -0.15) is 48.3 Å². The molecule has 24 heavy (non-hydrogen) atoms. The number of rotatable bonds is 8. The van der Waals surface area contributed by atoms with E-state index in [2.05, 4.69) is 0 Å². The van der Waals surface area contributed by atoms with Crippen molar-refractivity contribution in [2.75, 3.05) is 0 Å². The highest BCUT2D eigenvalue weighted by Crippen LogP contribution is 2.59. The van der Waals surface area contributed by atoms with Gasteiger partial charge < -0.3 is 0 Å². The van der Waals surface area contributed by atoms with Gasteiger partial charge in [-0.25, -0.2) is 0 Å². The van der Waals surface area contributed by atoms with Crippen LogP contribution in [0.3, 0.4) is 0 Å². The molecule has 1 unspecified atom stereocenters. The summed E-state index contributed by atoms with van der Waals surface area (Å²) in [6.07, 6.45) is -9.24. The summed E-state index contributed by atoms with van der Waals surface area (Å²) < 4.78 is 140. The lowest BCUT2D eigenvalue weighted by Gasteiger charge is -2.40. The maximum Gasteiger partial charge on any atom is 0.460 e. The van der Waals surface area contributed by atoms with E-state index in [4.69, 9.17) is 0 Å². The fraction of sp³-hybridized carbons (Fsp3) is 1.00. The van der Waals surface area contributed by atoms with Gasteiger partial charge in [-0.1, -0.05) is 42.9 Å². The molecule has 0 heterocycles. The largest absolute Gasteiger partial charge is 0.460 e. The van der Waals surface area contributed by atoms with E-state index in [9.17, 15) is 48.3 Å². The number of alkyl halides is 12. The minimum Gasteiger partial charge on any atom is -0.200 e. The second kappa shape index (κ2) is 6.93. The first-order valence-electron chi connectivity index (χ1n) is 6.60. The first kappa shape index (κ1) is 24.0. The predicted octanol–water partition coefficient (Wildman–Crippen LogP) is 6.86. The lowest BCUT2D eigenvalue weighted by atomic mass is 9.87. The monoisotopic (exact) mass is 494 g/mol. The van der Waals surface area contributed by atoms with E-state index in [0.29, 0.717) is 0 Å². The number of hydrogen-bond acceptors (Lipinski definition) is 0. The molecule has 0 aromatic rings. The molecular formula is C12H14F11I. The third kappa shape index (κ3) is 4.02. The maximum atomic E-state index is 13.7. The van der Waals surface area contributed by atoms with Crippen molar-refractivity contribution in [1.29, 1.82) is 0 Å². The molecular weight excluding hydrogens is 480 g/mol. The molecule has 0 spiro atoms. The van der Waals surface area contributed by atoms with Crippen molar-refractivity contribution in [3.05, 3.63) is 0 Å².